The molecule has 2 aromatic heterocycles. The van der Waals surface area contributed by atoms with Gasteiger partial charge in [0.2, 0.25) is 5.52 Å². The van der Waals surface area contributed by atoms with Gasteiger partial charge in [-0.25, -0.2) is 19.1 Å². The zero-order valence-corrected chi connectivity index (χ0v) is 18.0. The Labute approximate surface area is 186 Å². The molecule has 11 nitrogen and oxygen atoms in total. The second-order valence-corrected chi connectivity index (χ2v) is 7.33. The predicted molar refractivity (Wildman–Crippen MR) is 113 cm³/mol. The molecule has 0 fully saturated rings. The number of aromatic nitrogens is 5. The van der Waals surface area contributed by atoms with E-state index in [0.29, 0.717) is 26.2 Å². The Kier molecular flexibility index (Phi) is 5.58. The number of rotatable bonds is 7. The summed E-state index contributed by atoms with van der Waals surface area (Å²) in [5.74, 6) is -2.22. The second kappa shape index (κ2) is 8.37. The number of nitrogens with zero attached hydrogens (tertiary/aromatic N) is 5. The van der Waals surface area contributed by atoms with Crippen molar-refractivity contribution in [3.63, 3.8) is 0 Å². The van der Waals surface area contributed by atoms with Crippen molar-refractivity contribution in [1.82, 2.24) is 15.0 Å². The fourth-order valence-electron chi connectivity index (χ4n) is 3.64. The van der Waals surface area contributed by atoms with Crippen LogP contribution in [0.5, 0.6) is 5.75 Å². The first-order chi connectivity index (χ1) is 15.8. The summed E-state index contributed by atoms with van der Waals surface area (Å²) in [5.41, 5.74) is 1.07. The number of carbonyl (C=O) groups excluding carboxylic acids is 1. The molecule has 0 aliphatic carbocycles. The summed E-state index contributed by atoms with van der Waals surface area (Å²) in [6, 6.07) is 5.93. The number of hydrogen-bond acceptors (Lipinski definition) is 8. The van der Waals surface area contributed by atoms with Gasteiger partial charge in [0.15, 0.2) is 11.6 Å². The van der Waals surface area contributed by atoms with Gasteiger partial charge in [0.1, 0.15) is 11.2 Å². The minimum atomic E-state index is -1.27. The van der Waals surface area contributed by atoms with Crippen LogP contribution in [0.3, 0.4) is 0 Å². The Morgan fingerprint density at radius 3 is 2.61 bits per heavy atom. The van der Waals surface area contributed by atoms with Gasteiger partial charge in [-0.3, -0.25) is 0 Å². The lowest BCUT2D eigenvalue weighted by Crippen LogP contribution is -2.43. The molecule has 2 heterocycles. The number of fused-ring (bicyclic) bond motifs is 2. The lowest BCUT2D eigenvalue weighted by molar-refractivity contribution is -0.623. The van der Waals surface area contributed by atoms with E-state index in [0.717, 1.165) is 6.07 Å². The van der Waals surface area contributed by atoms with Crippen LogP contribution in [0.25, 0.3) is 22.1 Å². The van der Waals surface area contributed by atoms with E-state index in [1.165, 1.54) is 17.7 Å². The van der Waals surface area contributed by atoms with Crippen molar-refractivity contribution in [3.05, 3.63) is 52.3 Å². The normalized spacial score (nSPS) is 12.2. The Hall–Kier alpha value is -4.22. The Morgan fingerprint density at radius 1 is 1.21 bits per heavy atom. The Bertz CT molecular complexity index is 1390. The lowest BCUT2D eigenvalue weighted by Gasteiger charge is -2.16. The molecule has 33 heavy (non-hydrogen) atoms. The van der Waals surface area contributed by atoms with Gasteiger partial charge in [-0.2, -0.15) is 4.73 Å². The topological polar surface area (TPSA) is 146 Å². The smallest absolute Gasteiger partial charge is 0.352 e. The van der Waals surface area contributed by atoms with Crippen LogP contribution in [0, 0.1) is 23.2 Å². The van der Waals surface area contributed by atoms with Crippen LogP contribution >= 0.6 is 0 Å². The third kappa shape index (κ3) is 3.69. The highest BCUT2D eigenvalue weighted by atomic mass is 19.1. The molecule has 0 bridgehead atoms. The van der Waals surface area contributed by atoms with Gasteiger partial charge in [-0.1, -0.05) is 12.1 Å². The maximum absolute atomic E-state index is 14.2. The summed E-state index contributed by atoms with van der Waals surface area (Å²) in [6.45, 7) is 4.98. The third-order valence-corrected chi connectivity index (χ3v) is 5.30. The van der Waals surface area contributed by atoms with Crippen LogP contribution in [-0.4, -0.2) is 27.6 Å². The van der Waals surface area contributed by atoms with Crippen LogP contribution in [0.4, 0.5) is 15.9 Å². The zero-order valence-electron chi connectivity index (χ0n) is 18.0. The van der Waals surface area contributed by atoms with Crippen molar-refractivity contribution < 1.29 is 28.5 Å². The van der Waals surface area contributed by atoms with E-state index in [1.54, 1.807) is 32.0 Å². The standard InChI is InChI=1S/C21H21FN6O5/c1-4-15(21(29)30)26-16-7-6-12(8-14(16)24-25-26)23-20-11(3)27(31)17-9-13(22)19(33-5-2)10-18(17)28(20)32/h6-10,15,23H,4-5H2,1-3H3,(H,29,30)/p-1. The monoisotopic (exact) mass is 455 g/mol. The largest absolute Gasteiger partial charge is 0.710 e. The zero-order chi connectivity index (χ0) is 23.9. The van der Waals surface area contributed by atoms with Crippen LogP contribution < -0.4 is 24.6 Å². The van der Waals surface area contributed by atoms with Crippen LogP contribution in [0.2, 0.25) is 0 Å². The number of ether oxygens (including phenoxy) is 1. The highest BCUT2D eigenvalue weighted by Gasteiger charge is 2.26. The first-order valence-electron chi connectivity index (χ1n) is 10.2. The number of carboxylic acids is 1. The van der Waals surface area contributed by atoms with E-state index in [-0.39, 0.29) is 41.3 Å². The minimum Gasteiger partial charge on any atom is -0.710 e. The van der Waals surface area contributed by atoms with E-state index in [1.807, 2.05) is 0 Å². The van der Waals surface area contributed by atoms with E-state index in [9.17, 15) is 24.7 Å². The number of benzene rings is 2. The molecule has 0 saturated carbocycles. The summed E-state index contributed by atoms with van der Waals surface area (Å²) in [6.07, 6.45) is 0.265. The molecule has 0 amide bonds. The van der Waals surface area contributed by atoms with E-state index in [4.69, 9.17) is 4.74 Å². The number of anilines is 2. The molecule has 0 radical (unpaired) electrons. The molecule has 0 spiro atoms. The van der Waals surface area contributed by atoms with Gasteiger partial charge >= 0.3 is 5.82 Å². The molecule has 12 heteroatoms. The van der Waals surface area contributed by atoms with Gasteiger partial charge < -0.3 is 25.1 Å². The van der Waals surface area contributed by atoms with Crippen molar-refractivity contribution in [1.29, 1.82) is 0 Å². The number of carboxylic acid groups (broad SMARTS) is 1. The molecule has 4 rings (SSSR count). The molecular formula is C21H20FN6O5-. The van der Waals surface area contributed by atoms with Crippen molar-refractivity contribution in [2.24, 2.45) is 0 Å². The molecule has 172 valence electrons. The lowest BCUT2D eigenvalue weighted by atomic mass is 10.2. The number of nitrogens with one attached hydrogen (secondary N) is 1. The molecule has 2 aromatic carbocycles. The van der Waals surface area contributed by atoms with Gasteiger partial charge in [-0.15, -0.1) is 5.10 Å². The SMILES string of the molecule is CCOc1cc2c(cc1F)[n+]([O-])c(C)c(Nc1ccc3c(c1)nnn3C(CC)C(=O)[O-])[n+]2[O-]. The van der Waals surface area contributed by atoms with Crippen LogP contribution in [0.1, 0.15) is 32.0 Å². The fourth-order valence-corrected chi connectivity index (χ4v) is 3.64. The highest BCUT2D eigenvalue weighted by Crippen LogP contribution is 2.26. The van der Waals surface area contributed by atoms with Crippen LogP contribution in [0.15, 0.2) is 30.3 Å². The Morgan fingerprint density at radius 2 is 1.94 bits per heavy atom. The number of carbonyl (C=O) groups is 1. The van der Waals surface area contributed by atoms with E-state index >= 15 is 0 Å². The summed E-state index contributed by atoms with van der Waals surface area (Å²) >= 11 is 0. The molecule has 0 aliphatic heterocycles. The molecule has 1 N–H and O–H groups in total. The van der Waals surface area contributed by atoms with Crippen LogP contribution in [-0.2, 0) is 4.79 Å². The molecule has 1 unspecified atom stereocenters. The summed E-state index contributed by atoms with van der Waals surface area (Å²) in [5, 5.41) is 48.0. The molecule has 0 aliphatic rings. The first kappa shape index (κ1) is 22.0. The second-order valence-electron chi connectivity index (χ2n) is 7.33. The van der Waals surface area contributed by atoms with Crippen molar-refractivity contribution in [2.45, 2.75) is 33.2 Å². The van der Waals surface area contributed by atoms with E-state index < -0.39 is 17.8 Å². The highest BCUT2D eigenvalue weighted by molar-refractivity contribution is 5.82. The Balaban J connectivity index is 1.78. The number of aliphatic carboxylic acids is 1. The fraction of sp³-hybridized carbons (Fsp3) is 0.286. The van der Waals surface area contributed by atoms with Gasteiger partial charge in [0.05, 0.1) is 30.2 Å². The number of hydrogen-bond donors (Lipinski definition) is 1. The number of halogens is 1. The van der Waals surface area contributed by atoms with Gasteiger partial charge in [0.25, 0.3) is 11.2 Å². The molecule has 4 aromatic rings. The van der Waals surface area contributed by atoms with Gasteiger partial charge in [-0.05, 0) is 25.5 Å². The molecule has 0 saturated heterocycles. The maximum atomic E-state index is 14.2. The van der Waals surface area contributed by atoms with Crippen molar-refractivity contribution in [3.8, 4) is 5.75 Å². The molecule has 1 atom stereocenters. The predicted octanol–water partition coefficient (Wildman–Crippen LogP) is 1.14. The van der Waals surface area contributed by atoms with Crippen molar-refractivity contribution >= 4 is 39.5 Å². The molecular weight excluding hydrogens is 435 g/mol. The summed E-state index contributed by atoms with van der Waals surface area (Å²) in [4.78, 5) is 11.4. The van der Waals surface area contributed by atoms with Crippen molar-refractivity contribution in [2.75, 3.05) is 11.9 Å². The quantitative estimate of drug-likeness (QED) is 0.322. The third-order valence-electron chi connectivity index (χ3n) is 5.30. The minimum absolute atomic E-state index is 0.0211. The first-order valence-corrected chi connectivity index (χ1v) is 10.2. The van der Waals surface area contributed by atoms with Gasteiger partial charge in [0, 0.05) is 19.1 Å². The summed E-state index contributed by atoms with van der Waals surface area (Å²) < 4.78 is 21.6. The summed E-state index contributed by atoms with van der Waals surface area (Å²) in [7, 11) is 0. The van der Waals surface area contributed by atoms with E-state index in [2.05, 4.69) is 15.6 Å². The average molecular weight is 455 g/mol. The average Bonchev–Trinajstić information content (AvgIpc) is 3.19. The maximum Gasteiger partial charge on any atom is 0.352 e.